The van der Waals surface area contributed by atoms with Gasteiger partial charge < -0.3 is 5.32 Å². The van der Waals surface area contributed by atoms with Gasteiger partial charge in [-0.15, -0.1) is 0 Å². The largest absolute Gasteiger partial charge is 0.352 e. The Morgan fingerprint density at radius 1 is 0.963 bits per heavy atom. The standard InChI is InChI=1S/C21H28N2O3S/c1-15(2)13-14-22-21(24)17-9-11-18(12-10-17)27(25,26)23-20-8-6-5-7-19(20)16(3)4/h5-12,15-16,23H,13-14H2,1-4H3,(H,22,24). The lowest BCUT2D eigenvalue weighted by Crippen LogP contribution is -2.25. The molecule has 146 valence electrons. The Morgan fingerprint density at radius 2 is 1.59 bits per heavy atom. The van der Waals surface area contributed by atoms with E-state index in [1.807, 2.05) is 26.0 Å². The summed E-state index contributed by atoms with van der Waals surface area (Å²) in [5, 5.41) is 2.84. The van der Waals surface area contributed by atoms with Gasteiger partial charge in [0.2, 0.25) is 0 Å². The molecule has 0 atom stereocenters. The van der Waals surface area contributed by atoms with Crippen molar-refractivity contribution in [1.82, 2.24) is 5.32 Å². The van der Waals surface area contributed by atoms with Crippen LogP contribution in [0.5, 0.6) is 0 Å². The Morgan fingerprint density at radius 3 is 2.19 bits per heavy atom. The van der Waals surface area contributed by atoms with Gasteiger partial charge in [-0.2, -0.15) is 0 Å². The number of nitrogens with one attached hydrogen (secondary N) is 2. The van der Waals surface area contributed by atoms with E-state index >= 15 is 0 Å². The van der Waals surface area contributed by atoms with Crippen molar-refractivity contribution < 1.29 is 13.2 Å². The van der Waals surface area contributed by atoms with Crippen LogP contribution in [0.25, 0.3) is 0 Å². The van der Waals surface area contributed by atoms with Gasteiger partial charge in [-0.25, -0.2) is 8.42 Å². The maximum Gasteiger partial charge on any atom is 0.261 e. The number of rotatable bonds is 8. The number of amides is 1. The minimum atomic E-state index is -3.72. The smallest absolute Gasteiger partial charge is 0.261 e. The Hall–Kier alpha value is -2.34. The van der Waals surface area contributed by atoms with E-state index < -0.39 is 10.0 Å². The number of para-hydroxylation sites is 1. The second-order valence-corrected chi connectivity index (χ2v) is 8.99. The average Bonchev–Trinajstić information content (AvgIpc) is 2.61. The third-order valence-electron chi connectivity index (χ3n) is 4.26. The number of anilines is 1. The summed E-state index contributed by atoms with van der Waals surface area (Å²) < 4.78 is 28.0. The molecule has 0 heterocycles. The summed E-state index contributed by atoms with van der Waals surface area (Å²) in [4.78, 5) is 12.2. The predicted octanol–water partition coefficient (Wildman–Crippen LogP) is 4.39. The van der Waals surface area contributed by atoms with Crippen molar-refractivity contribution >= 4 is 21.6 Å². The average molecular weight is 389 g/mol. The highest BCUT2D eigenvalue weighted by Gasteiger charge is 2.17. The molecule has 27 heavy (non-hydrogen) atoms. The molecule has 0 bridgehead atoms. The fourth-order valence-electron chi connectivity index (χ4n) is 2.66. The molecule has 0 unspecified atom stereocenters. The van der Waals surface area contributed by atoms with Gasteiger partial charge in [0.1, 0.15) is 0 Å². The van der Waals surface area contributed by atoms with Crippen LogP contribution in [0.4, 0.5) is 5.69 Å². The van der Waals surface area contributed by atoms with Crippen molar-refractivity contribution in [3.05, 3.63) is 59.7 Å². The van der Waals surface area contributed by atoms with Gasteiger partial charge in [0, 0.05) is 12.1 Å². The van der Waals surface area contributed by atoms with Crippen molar-refractivity contribution in [2.45, 2.75) is 44.9 Å². The van der Waals surface area contributed by atoms with Crippen LogP contribution in [-0.4, -0.2) is 20.9 Å². The van der Waals surface area contributed by atoms with E-state index in [0.717, 1.165) is 12.0 Å². The van der Waals surface area contributed by atoms with Crippen LogP contribution < -0.4 is 10.0 Å². The summed E-state index contributed by atoms with van der Waals surface area (Å²) in [7, 11) is -3.72. The van der Waals surface area contributed by atoms with Crippen molar-refractivity contribution in [3.8, 4) is 0 Å². The second-order valence-electron chi connectivity index (χ2n) is 7.31. The number of sulfonamides is 1. The molecular weight excluding hydrogens is 360 g/mol. The van der Waals surface area contributed by atoms with Gasteiger partial charge >= 0.3 is 0 Å². The molecule has 0 aromatic heterocycles. The molecule has 2 N–H and O–H groups in total. The number of benzene rings is 2. The molecule has 0 saturated heterocycles. The fourth-order valence-corrected chi connectivity index (χ4v) is 3.75. The second kappa shape index (κ2) is 9.04. The molecule has 0 aliphatic carbocycles. The first-order chi connectivity index (χ1) is 12.7. The van der Waals surface area contributed by atoms with E-state index in [1.165, 1.54) is 24.3 Å². The predicted molar refractivity (Wildman–Crippen MR) is 110 cm³/mol. The molecule has 2 rings (SSSR count). The van der Waals surface area contributed by atoms with Crippen LogP contribution in [-0.2, 0) is 10.0 Å². The Bertz CT molecular complexity index is 873. The van der Waals surface area contributed by atoms with Crippen LogP contribution in [0.2, 0.25) is 0 Å². The Kier molecular flexibility index (Phi) is 7.02. The quantitative estimate of drug-likeness (QED) is 0.704. The van der Waals surface area contributed by atoms with Crippen LogP contribution in [0.3, 0.4) is 0 Å². The van der Waals surface area contributed by atoms with Crippen molar-refractivity contribution in [2.75, 3.05) is 11.3 Å². The normalized spacial score (nSPS) is 11.6. The third kappa shape index (κ3) is 5.82. The summed E-state index contributed by atoms with van der Waals surface area (Å²) in [6.07, 6.45) is 0.900. The zero-order chi connectivity index (χ0) is 20.0. The highest BCUT2D eigenvalue weighted by atomic mass is 32.2. The lowest BCUT2D eigenvalue weighted by molar-refractivity contribution is 0.0952. The molecule has 0 spiro atoms. The van der Waals surface area contributed by atoms with Crippen LogP contribution in [0, 0.1) is 5.92 Å². The summed E-state index contributed by atoms with van der Waals surface area (Å²) in [5.74, 6) is 0.510. The number of carbonyl (C=O) groups is 1. The summed E-state index contributed by atoms with van der Waals surface area (Å²) in [5.41, 5.74) is 1.95. The molecular formula is C21H28N2O3S. The minimum absolute atomic E-state index is 0.125. The highest BCUT2D eigenvalue weighted by Crippen LogP contribution is 2.26. The van der Waals surface area contributed by atoms with E-state index in [4.69, 9.17) is 0 Å². The molecule has 0 radical (unpaired) electrons. The van der Waals surface area contributed by atoms with Crippen molar-refractivity contribution in [2.24, 2.45) is 5.92 Å². The van der Waals surface area contributed by atoms with E-state index in [0.29, 0.717) is 23.7 Å². The monoisotopic (exact) mass is 388 g/mol. The molecule has 1 amide bonds. The van der Waals surface area contributed by atoms with Gasteiger partial charge in [0.15, 0.2) is 0 Å². The SMILES string of the molecule is CC(C)CCNC(=O)c1ccc(S(=O)(=O)Nc2ccccc2C(C)C)cc1. The van der Waals surface area contributed by atoms with Gasteiger partial charge in [-0.3, -0.25) is 9.52 Å². The lowest BCUT2D eigenvalue weighted by atomic mass is 10.0. The molecule has 0 aliphatic heterocycles. The van der Waals surface area contributed by atoms with E-state index in [1.54, 1.807) is 12.1 Å². The van der Waals surface area contributed by atoms with Crippen LogP contribution in [0.15, 0.2) is 53.4 Å². The maximum absolute atomic E-state index is 12.7. The zero-order valence-electron chi connectivity index (χ0n) is 16.3. The molecule has 2 aromatic rings. The number of hydrogen-bond acceptors (Lipinski definition) is 3. The Labute approximate surface area is 162 Å². The molecule has 0 saturated carbocycles. The summed E-state index contributed by atoms with van der Waals surface area (Å²) in [6.45, 7) is 8.82. The highest BCUT2D eigenvalue weighted by molar-refractivity contribution is 7.92. The summed E-state index contributed by atoms with van der Waals surface area (Å²) >= 11 is 0. The van der Waals surface area contributed by atoms with Crippen molar-refractivity contribution in [1.29, 1.82) is 0 Å². The number of carbonyl (C=O) groups excluding carboxylic acids is 1. The van der Waals surface area contributed by atoms with Gasteiger partial charge in [0.25, 0.3) is 15.9 Å². The molecule has 6 heteroatoms. The molecule has 0 aliphatic rings. The van der Waals surface area contributed by atoms with Gasteiger partial charge in [-0.05, 0) is 54.2 Å². The minimum Gasteiger partial charge on any atom is -0.352 e. The summed E-state index contributed by atoms with van der Waals surface area (Å²) in [6, 6.07) is 13.3. The van der Waals surface area contributed by atoms with Crippen LogP contribution in [0.1, 0.15) is 56.0 Å². The first-order valence-corrected chi connectivity index (χ1v) is 10.7. The zero-order valence-corrected chi connectivity index (χ0v) is 17.1. The Balaban J connectivity index is 2.13. The van der Waals surface area contributed by atoms with Gasteiger partial charge in [-0.1, -0.05) is 45.9 Å². The first kappa shape index (κ1) is 21.0. The number of hydrogen-bond donors (Lipinski definition) is 2. The molecule has 2 aromatic carbocycles. The molecule has 5 nitrogen and oxygen atoms in total. The fraction of sp³-hybridized carbons (Fsp3) is 0.381. The maximum atomic E-state index is 12.7. The van der Waals surface area contributed by atoms with Crippen molar-refractivity contribution in [3.63, 3.8) is 0 Å². The molecule has 0 fully saturated rings. The lowest BCUT2D eigenvalue weighted by Gasteiger charge is -2.15. The topological polar surface area (TPSA) is 75.3 Å². The van der Waals surface area contributed by atoms with E-state index in [2.05, 4.69) is 23.9 Å². The van der Waals surface area contributed by atoms with E-state index in [-0.39, 0.29) is 16.7 Å². The van der Waals surface area contributed by atoms with E-state index in [9.17, 15) is 13.2 Å². The van der Waals surface area contributed by atoms with Gasteiger partial charge in [0.05, 0.1) is 10.6 Å². The third-order valence-corrected chi connectivity index (χ3v) is 5.64. The van der Waals surface area contributed by atoms with Crippen LogP contribution >= 0.6 is 0 Å². The first-order valence-electron chi connectivity index (χ1n) is 9.20.